The van der Waals surface area contributed by atoms with Crippen molar-refractivity contribution in [3.8, 4) is 0 Å². The van der Waals surface area contributed by atoms with Gasteiger partial charge in [-0.15, -0.1) is 6.58 Å². The minimum Gasteiger partial charge on any atom is -0.366 e. The van der Waals surface area contributed by atoms with Crippen molar-refractivity contribution in [3.05, 3.63) is 93.8 Å². The first-order valence-electron chi connectivity index (χ1n) is 9.74. The first kappa shape index (κ1) is 21.0. The van der Waals surface area contributed by atoms with E-state index in [1.807, 2.05) is 36.4 Å². The average molecular weight is 449 g/mol. The highest BCUT2D eigenvalue weighted by Crippen LogP contribution is 2.33. The molecule has 31 heavy (non-hydrogen) atoms. The van der Waals surface area contributed by atoms with Crippen molar-refractivity contribution in [2.45, 2.75) is 6.42 Å². The van der Waals surface area contributed by atoms with Gasteiger partial charge >= 0.3 is 0 Å². The first-order valence-corrected chi connectivity index (χ1v) is 11.0. The largest absolute Gasteiger partial charge is 0.366 e. The molecule has 0 bridgehead atoms. The summed E-state index contributed by atoms with van der Waals surface area (Å²) in [7, 11) is 0. The number of rotatable bonds is 7. The van der Waals surface area contributed by atoms with Crippen molar-refractivity contribution in [3.63, 3.8) is 0 Å². The fourth-order valence-electron chi connectivity index (χ4n) is 3.25. The van der Waals surface area contributed by atoms with Crippen molar-refractivity contribution < 1.29 is 4.79 Å². The Bertz CT molecular complexity index is 1250. The molecule has 0 atom stereocenters. The molecule has 6 nitrogen and oxygen atoms in total. The van der Waals surface area contributed by atoms with E-state index in [0.29, 0.717) is 45.8 Å². The SMILES string of the molecule is C=CCNc1nc2ccccn2c(=O)c1C=C1SC(=S)N(CCc2ccccc2)C1=O. The molecule has 8 heteroatoms. The highest BCUT2D eigenvalue weighted by Gasteiger charge is 2.32. The number of pyridine rings is 1. The van der Waals surface area contributed by atoms with Gasteiger partial charge in [-0.1, -0.05) is 66.5 Å². The van der Waals surface area contributed by atoms with Crippen LogP contribution in [0.4, 0.5) is 5.82 Å². The lowest BCUT2D eigenvalue weighted by Gasteiger charge is -2.14. The Hall–Kier alpha value is -3.23. The maximum Gasteiger partial charge on any atom is 0.267 e. The minimum atomic E-state index is -0.258. The van der Waals surface area contributed by atoms with E-state index in [9.17, 15) is 9.59 Å². The molecule has 1 amide bonds. The average Bonchev–Trinajstić information content (AvgIpc) is 3.06. The molecule has 1 saturated heterocycles. The molecule has 1 fully saturated rings. The fourth-order valence-corrected chi connectivity index (χ4v) is 4.54. The van der Waals surface area contributed by atoms with Crippen molar-refractivity contribution in [2.75, 3.05) is 18.4 Å². The van der Waals surface area contributed by atoms with Gasteiger partial charge in [-0.05, 0) is 30.2 Å². The third-order valence-corrected chi connectivity index (χ3v) is 6.18. The molecule has 156 valence electrons. The maximum absolute atomic E-state index is 13.1. The highest BCUT2D eigenvalue weighted by atomic mass is 32.2. The predicted octanol–water partition coefficient (Wildman–Crippen LogP) is 3.74. The summed E-state index contributed by atoms with van der Waals surface area (Å²) in [6.07, 6.45) is 5.63. The lowest BCUT2D eigenvalue weighted by atomic mass is 10.1. The quantitative estimate of drug-likeness (QED) is 0.338. The molecule has 3 heterocycles. The first-order chi connectivity index (χ1) is 15.1. The van der Waals surface area contributed by atoms with E-state index in [1.54, 1.807) is 35.4 Å². The van der Waals surface area contributed by atoms with Crippen LogP contribution in [0, 0.1) is 0 Å². The van der Waals surface area contributed by atoms with E-state index in [1.165, 1.54) is 16.2 Å². The van der Waals surface area contributed by atoms with Gasteiger partial charge in [-0.3, -0.25) is 18.9 Å². The molecular formula is C23H20N4O2S2. The predicted molar refractivity (Wildman–Crippen MR) is 130 cm³/mol. The molecule has 1 aliphatic heterocycles. The number of hydrogen-bond acceptors (Lipinski definition) is 6. The number of thiocarbonyl (C=S) groups is 1. The van der Waals surface area contributed by atoms with Gasteiger partial charge in [-0.25, -0.2) is 4.98 Å². The number of carbonyl (C=O) groups excluding carboxylic acids is 1. The maximum atomic E-state index is 13.1. The van der Waals surface area contributed by atoms with Crippen LogP contribution in [-0.2, 0) is 11.2 Å². The zero-order valence-electron chi connectivity index (χ0n) is 16.7. The van der Waals surface area contributed by atoms with E-state index >= 15 is 0 Å². The molecule has 3 aromatic rings. The molecule has 1 N–H and O–H groups in total. The summed E-state index contributed by atoms with van der Waals surface area (Å²) >= 11 is 6.64. The van der Waals surface area contributed by atoms with Crippen LogP contribution in [0.15, 0.2) is 77.1 Å². The van der Waals surface area contributed by atoms with Gasteiger partial charge in [0.25, 0.3) is 11.5 Å². The highest BCUT2D eigenvalue weighted by molar-refractivity contribution is 8.26. The van der Waals surface area contributed by atoms with Crippen molar-refractivity contribution in [1.29, 1.82) is 0 Å². The Morgan fingerprint density at radius 1 is 1.13 bits per heavy atom. The second-order valence-electron chi connectivity index (χ2n) is 6.85. The smallest absolute Gasteiger partial charge is 0.267 e. The molecule has 1 aliphatic rings. The molecule has 0 saturated carbocycles. The van der Waals surface area contributed by atoms with Gasteiger partial charge in [0.15, 0.2) is 0 Å². The second-order valence-corrected chi connectivity index (χ2v) is 8.52. The van der Waals surface area contributed by atoms with Gasteiger partial charge in [0.05, 0.1) is 10.5 Å². The molecule has 2 aromatic heterocycles. The molecule has 4 rings (SSSR count). The van der Waals surface area contributed by atoms with Crippen LogP contribution in [0.25, 0.3) is 11.7 Å². The van der Waals surface area contributed by atoms with Gasteiger partial charge in [0.1, 0.15) is 15.8 Å². The number of hydrogen-bond donors (Lipinski definition) is 1. The second kappa shape index (κ2) is 9.28. The van der Waals surface area contributed by atoms with E-state index in [-0.39, 0.29) is 11.5 Å². The molecule has 0 aliphatic carbocycles. The number of thioether (sulfide) groups is 1. The summed E-state index contributed by atoms with van der Waals surface area (Å²) in [5.74, 6) is 0.212. The van der Waals surface area contributed by atoms with Crippen molar-refractivity contribution in [2.24, 2.45) is 0 Å². The fraction of sp³-hybridized carbons (Fsp3) is 0.130. The van der Waals surface area contributed by atoms with Crippen molar-refractivity contribution >= 4 is 51.7 Å². The molecule has 0 spiro atoms. The lowest BCUT2D eigenvalue weighted by molar-refractivity contribution is -0.122. The van der Waals surface area contributed by atoms with Crippen LogP contribution in [0.3, 0.4) is 0 Å². The zero-order chi connectivity index (χ0) is 21.8. The molecule has 1 aromatic carbocycles. The van der Waals surface area contributed by atoms with Gasteiger partial charge in [0.2, 0.25) is 0 Å². The van der Waals surface area contributed by atoms with Crippen LogP contribution in [0.1, 0.15) is 11.1 Å². The van der Waals surface area contributed by atoms with Crippen LogP contribution < -0.4 is 10.9 Å². The van der Waals surface area contributed by atoms with E-state index in [2.05, 4.69) is 16.9 Å². The minimum absolute atomic E-state index is 0.196. The zero-order valence-corrected chi connectivity index (χ0v) is 18.3. The third-order valence-electron chi connectivity index (χ3n) is 4.80. The summed E-state index contributed by atoms with van der Waals surface area (Å²) in [4.78, 5) is 32.7. The third kappa shape index (κ3) is 4.45. The Morgan fingerprint density at radius 2 is 1.90 bits per heavy atom. The van der Waals surface area contributed by atoms with Crippen molar-refractivity contribution in [1.82, 2.24) is 14.3 Å². The van der Waals surface area contributed by atoms with Crippen LogP contribution in [0.5, 0.6) is 0 Å². The normalized spacial score (nSPS) is 15.1. The number of nitrogens with one attached hydrogen (secondary N) is 1. The number of nitrogens with zero attached hydrogens (tertiary/aromatic N) is 3. The molecule has 0 radical (unpaired) electrons. The number of amides is 1. The number of benzene rings is 1. The van der Waals surface area contributed by atoms with Crippen LogP contribution >= 0.6 is 24.0 Å². The Labute approximate surface area is 189 Å². The number of fused-ring (bicyclic) bond motifs is 1. The van der Waals surface area contributed by atoms with E-state index in [0.717, 1.165) is 5.56 Å². The standard InChI is InChI=1S/C23H20N4O2S2/c1-2-12-24-20-17(21(28)26-13-7-6-10-19(26)25-20)15-18-22(29)27(23(30)31-18)14-11-16-8-4-3-5-9-16/h2-10,13,15,24H,1,11-12,14H2. The molecule has 0 unspecified atom stereocenters. The summed E-state index contributed by atoms with van der Waals surface area (Å²) < 4.78 is 1.95. The molecular weight excluding hydrogens is 428 g/mol. The van der Waals surface area contributed by atoms with E-state index in [4.69, 9.17) is 12.2 Å². The van der Waals surface area contributed by atoms with Crippen LogP contribution in [-0.4, -0.2) is 37.6 Å². The monoisotopic (exact) mass is 448 g/mol. The topological polar surface area (TPSA) is 66.7 Å². The Balaban J connectivity index is 1.66. The van der Waals surface area contributed by atoms with Crippen LogP contribution in [0.2, 0.25) is 0 Å². The number of aromatic nitrogens is 2. The summed E-state index contributed by atoms with van der Waals surface area (Å²) in [6.45, 7) is 4.63. The van der Waals surface area contributed by atoms with E-state index < -0.39 is 0 Å². The Kier molecular flexibility index (Phi) is 6.29. The van der Waals surface area contributed by atoms with Gasteiger partial charge < -0.3 is 5.32 Å². The number of anilines is 1. The summed E-state index contributed by atoms with van der Waals surface area (Å²) in [5, 5.41) is 3.10. The Morgan fingerprint density at radius 3 is 2.68 bits per heavy atom. The summed E-state index contributed by atoms with van der Waals surface area (Å²) in [5.41, 5.74) is 1.71. The van der Waals surface area contributed by atoms with Gasteiger partial charge in [-0.2, -0.15) is 0 Å². The lowest BCUT2D eigenvalue weighted by Crippen LogP contribution is -2.30. The summed E-state index contributed by atoms with van der Waals surface area (Å²) in [6, 6.07) is 15.3. The van der Waals surface area contributed by atoms with Gasteiger partial charge in [0, 0.05) is 19.3 Å². The number of carbonyl (C=O) groups is 1.